The number of esters is 1. The van der Waals surface area contributed by atoms with E-state index in [1.807, 2.05) is 0 Å². The van der Waals surface area contributed by atoms with Crippen LogP contribution in [-0.2, 0) is 9.53 Å². The predicted octanol–water partition coefficient (Wildman–Crippen LogP) is 4.14. The van der Waals surface area contributed by atoms with Crippen LogP contribution in [0.5, 0.6) is 0 Å². The van der Waals surface area contributed by atoms with Crippen LogP contribution in [-0.4, -0.2) is 30.3 Å². The lowest BCUT2D eigenvalue weighted by atomic mass is 10.1. The van der Waals surface area contributed by atoms with Gasteiger partial charge in [0, 0.05) is 10.6 Å². The Kier molecular flexibility index (Phi) is 6.50. The van der Waals surface area contributed by atoms with Crippen molar-refractivity contribution in [2.75, 3.05) is 11.9 Å². The molecule has 2 rings (SSSR count). The van der Waals surface area contributed by atoms with Crippen LogP contribution in [0.15, 0.2) is 48.5 Å². The zero-order chi connectivity index (χ0) is 20.9. The summed E-state index contributed by atoms with van der Waals surface area (Å²) in [5.74, 6) is -4.17. The molecule has 2 aromatic carbocycles. The van der Waals surface area contributed by atoms with Crippen molar-refractivity contribution in [3.05, 3.63) is 64.9 Å². The first-order valence-electron chi connectivity index (χ1n) is 7.95. The molecule has 0 radical (unpaired) electrons. The molecule has 2 N–H and O–H groups in total. The first kappa shape index (κ1) is 21.5. The molecule has 0 aliphatic rings. The molecule has 0 fully saturated rings. The number of carbonyl (C=O) groups is 2. The SMILES string of the molecule is CCOC(=O)[C@@](NC(=O)c1cccc(Cl)c1)(Nc1ccccc1F)C(F)(F)F. The van der Waals surface area contributed by atoms with E-state index in [1.54, 1.807) is 10.6 Å². The Morgan fingerprint density at radius 2 is 1.79 bits per heavy atom. The van der Waals surface area contributed by atoms with Gasteiger partial charge in [0.15, 0.2) is 0 Å². The molecule has 1 atom stereocenters. The molecule has 0 bridgehead atoms. The monoisotopic (exact) mass is 418 g/mol. The van der Waals surface area contributed by atoms with Crippen LogP contribution < -0.4 is 10.6 Å². The lowest BCUT2D eigenvalue weighted by Crippen LogP contribution is -2.69. The molecule has 0 unspecified atom stereocenters. The molecule has 1 amide bonds. The van der Waals surface area contributed by atoms with Crippen LogP contribution in [0.3, 0.4) is 0 Å². The smallest absolute Gasteiger partial charge is 0.441 e. The number of alkyl halides is 3. The van der Waals surface area contributed by atoms with Crippen LogP contribution in [0.2, 0.25) is 5.02 Å². The van der Waals surface area contributed by atoms with Crippen molar-refractivity contribution in [3.8, 4) is 0 Å². The minimum Gasteiger partial charge on any atom is -0.463 e. The number of para-hydroxylation sites is 1. The molecule has 0 aromatic heterocycles. The second-order valence-corrected chi connectivity index (χ2v) is 5.97. The summed E-state index contributed by atoms with van der Waals surface area (Å²) in [4.78, 5) is 24.7. The van der Waals surface area contributed by atoms with Crippen LogP contribution in [0.4, 0.5) is 23.2 Å². The van der Waals surface area contributed by atoms with Crippen molar-refractivity contribution in [1.29, 1.82) is 0 Å². The number of halogens is 5. The van der Waals surface area contributed by atoms with Gasteiger partial charge in [0.1, 0.15) is 5.82 Å². The summed E-state index contributed by atoms with van der Waals surface area (Å²) >= 11 is 5.75. The van der Waals surface area contributed by atoms with Gasteiger partial charge >= 0.3 is 17.8 Å². The summed E-state index contributed by atoms with van der Waals surface area (Å²) in [6.45, 7) is 0.892. The van der Waals surface area contributed by atoms with Gasteiger partial charge in [0.2, 0.25) is 0 Å². The third-order valence-electron chi connectivity index (χ3n) is 3.59. The average molecular weight is 419 g/mol. The number of amides is 1. The number of hydrogen-bond acceptors (Lipinski definition) is 4. The number of hydrogen-bond donors (Lipinski definition) is 2. The number of nitrogens with one attached hydrogen (secondary N) is 2. The molecular formula is C18H15ClF4N2O3. The summed E-state index contributed by atoms with van der Waals surface area (Å²) in [7, 11) is 0. The number of benzene rings is 2. The third kappa shape index (κ3) is 4.53. The van der Waals surface area contributed by atoms with E-state index in [0.29, 0.717) is 0 Å². The molecule has 10 heteroatoms. The summed E-state index contributed by atoms with van der Waals surface area (Å²) in [6, 6.07) is 9.48. The van der Waals surface area contributed by atoms with Gasteiger partial charge in [0.25, 0.3) is 5.91 Å². The van der Waals surface area contributed by atoms with Crippen LogP contribution in [0, 0.1) is 5.82 Å². The zero-order valence-electron chi connectivity index (χ0n) is 14.4. The summed E-state index contributed by atoms with van der Waals surface area (Å²) in [5.41, 5.74) is -4.62. The van der Waals surface area contributed by atoms with Gasteiger partial charge in [-0.1, -0.05) is 29.8 Å². The first-order chi connectivity index (χ1) is 13.1. The molecule has 0 aliphatic carbocycles. The van der Waals surface area contributed by atoms with Gasteiger partial charge in [-0.25, -0.2) is 9.18 Å². The van der Waals surface area contributed by atoms with Crippen molar-refractivity contribution in [2.24, 2.45) is 0 Å². The second-order valence-electron chi connectivity index (χ2n) is 5.54. The van der Waals surface area contributed by atoms with Crippen molar-refractivity contribution in [3.63, 3.8) is 0 Å². The van der Waals surface area contributed by atoms with E-state index in [0.717, 1.165) is 18.2 Å². The Hall–Kier alpha value is -2.81. The average Bonchev–Trinajstić information content (AvgIpc) is 2.62. The topological polar surface area (TPSA) is 67.4 Å². The van der Waals surface area contributed by atoms with Gasteiger partial charge in [0.05, 0.1) is 12.3 Å². The van der Waals surface area contributed by atoms with Gasteiger partial charge in [-0.2, -0.15) is 13.2 Å². The van der Waals surface area contributed by atoms with Gasteiger partial charge in [-0.3, -0.25) is 4.79 Å². The van der Waals surface area contributed by atoms with Gasteiger partial charge < -0.3 is 15.4 Å². The van der Waals surface area contributed by atoms with Crippen molar-refractivity contribution in [1.82, 2.24) is 5.32 Å². The second kappa shape index (κ2) is 8.47. The molecule has 0 saturated heterocycles. The van der Waals surface area contributed by atoms with Gasteiger partial charge in [-0.05, 0) is 37.3 Å². The largest absolute Gasteiger partial charge is 0.463 e. The highest BCUT2D eigenvalue weighted by atomic mass is 35.5. The maximum absolute atomic E-state index is 14.0. The molecule has 0 saturated carbocycles. The van der Waals surface area contributed by atoms with Crippen molar-refractivity contribution in [2.45, 2.75) is 18.8 Å². The maximum Gasteiger partial charge on any atom is 0.441 e. The van der Waals surface area contributed by atoms with Crippen LogP contribution in [0.25, 0.3) is 0 Å². The molecule has 28 heavy (non-hydrogen) atoms. The first-order valence-corrected chi connectivity index (χ1v) is 8.33. The number of ether oxygens (including phenoxy) is 1. The fourth-order valence-corrected chi connectivity index (χ4v) is 2.46. The lowest BCUT2D eigenvalue weighted by Gasteiger charge is -2.35. The summed E-state index contributed by atoms with van der Waals surface area (Å²) in [5, 5.41) is 3.46. The highest BCUT2D eigenvalue weighted by molar-refractivity contribution is 6.31. The fraction of sp³-hybridized carbons (Fsp3) is 0.222. The fourth-order valence-electron chi connectivity index (χ4n) is 2.27. The van der Waals surface area contributed by atoms with Crippen molar-refractivity contribution >= 4 is 29.2 Å². The van der Waals surface area contributed by atoms with E-state index in [1.165, 1.54) is 37.3 Å². The zero-order valence-corrected chi connectivity index (χ0v) is 15.2. The Morgan fingerprint density at radius 1 is 1.11 bits per heavy atom. The molecule has 5 nitrogen and oxygen atoms in total. The summed E-state index contributed by atoms with van der Waals surface area (Å²) in [6.07, 6.45) is -5.38. The molecular weight excluding hydrogens is 404 g/mol. The Bertz CT molecular complexity index is 876. The number of carbonyl (C=O) groups excluding carboxylic acids is 2. The lowest BCUT2D eigenvalue weighted by molar-refractivity contribution is -0.204. The van der Waals surface area contributed by atoms with E-state index < -0.39 is 41.8 Å². The third-order valence-corrected chi connectivity index (χ3v) is 3.83. The Balaban J connectivity index is 2.54. The molecule has 150 valence electrons. The maximum atomic E-state index is 14.0. The van der Waals surface area contributed by atoms with E-state index in [9.17, 15) is 27.2 Å². The van der Waals surface area contributed by atoms with Crippen LogP contribution >= 0.6 is 11.6 Å². The van der Waals surface area contributed by atoms with E-state index in [-0.39, 0.29) is 10.6 Å². The molecule has 2 aromatic rings. The van der Waals surface area contributed by atoms with E-state index in [4.69, 9.17) is 11.6 Å². The van der Waals surface area contributed by atoms with Gasteiger partial charge in [-0.15, -0.1) is 0 Å². The molecule has 0 spiro atoms. The number of rotatable bonds is 6. The van der Waals surface area contributed by atoms with Crippen molar-refractivity contribution < 1.29 is 31.9 Å². The predicted molar refractivity (Wildman–Crippen MR) is 94.4 cm³/mol. The molecule has 0 heterocycles. The van der Waals surface area contributed by atoms with Crippen LogP contribution in [0.1, 0.15) is 17.3 Å². The minimum absolute atomic E-state index is 0.100. The summed E-state index contributed by atoms with van der Waals surface area (Å²) < 4.78 is 60.5. The highest BCUT2D eigenvalue weighted by Crippen LogP contribution is 2.34. The Morgan fingerprint density at radius 3 is 2.36 bits per heavy atom. The molecule has 0 aliphatic heterocycles. The van der Waals surface area contributed by atoms with E-state index >= 15 is 0 Å². The van der Waals surface area contributed by atoms with E-state index in [2.05, 4.69) is 4.74 Å². The normalized spacial score (nSPS) is 13.4. The minimum atomic E-state index is -5.38. The number of anilines is 1. The quantitative estimate of drug-likeness (QED) is 0.420. The Labute approximate surface area is 162 Å². The standard InChI is InChI=1S/C18H15ClF4N2O3/c1-2-28-16(27)17(18(21,22)23,24-14-9-4-3-8-13(14)20)25-15(26)11-6-5-7-12(19)10-11/h3-10,24H,2H2,1H3,(H,25,26)/t17-/m0/s1. The highest BCUT2D eigenvalue weighted by Gasteiger charge is 2.64.